The molecule has 0 radical (unpaired) electrons. The maximum Gasteiger partial charge on any atom is 0.407 e. The van der Waals surface area contributed by atoms with Gasteiger partial charge in [0.1, 0.15) is 18.6 Å². The third-order valence-corrected chi connectivity index (χ3v) is 3.82. The molecule has 1 aromatic rings. The van der Waals surface area contributed by atoms with Gasteiger partial charge < -0.3 is 30.3 Å². The van der Waals surface area contributed by atoms with Crippen LogP contribution in [0.2, 0.25) is 0 Å². The Hall–Kier alpha value is -2.51. The fraction of sp³-hybridized carbons (Fsp3) is 0.389. The minimum absolute atomic E-state index is 0.100. The van der Waals surface area contributed by atoms with Crippen LogP contribution in [0.25, 0.3) is 5.57 Å². The number of nitrogens with one attached hydrogen (secondary N) is 2. The van der Waals surface area contributed by atoms with Crippen molar-refractivity contribution in [1.82, 2.24) is 5.32 Å². The smallest absolute Gasteiger partial charge is 0.407 e. The van der Waals surface area contributed by atoms with Crippen LogP contribution in [0.15, 0.2) is 36.9 Å². The van der Waals surface area contributed by atoms with Gasteiger partial charge in [-0.1, -0.05) is 19.6 Å². The van der Waals surface area contributed by atoms with Crippen molar-refractivity contribution in [2.45, 2.75) is 38.8 Å². The van der Waals surface area contributed by atoms with E-state index in [0.29, 0.717) is 17.9 Å². The summed E-state index contributed by atoms with van der Waals surface area (Å²) >= 11 is 0. The van der Waals surface area contributed by atoms with Crippen molar-refractivity contribution in [1.29, 1.82) is 0 Å². The lowest BCUT2D eigenvalue weighted by Crippen LogP contribution is -2.46. The molecule has 0 saturated carbocycles. The highest BCUT2D eigenvalue weighted by molar-refractivity contribution is 5.73. The minimum atomic E-state index is -1.02. The average molecular weight is 348 g/mol. The van der Waals surface area contributed by atoms with Gasteiger partial charge in [0, 0.05) is 17.3 Å². The number of carbonyl (C=O) groups excluding carboxylic acids is 1. The highest BCUT2D eigenvalue weighted by Gasteiger charge is 2.22. The standard InChI is InChI=1S/C18H24N2O5/c1-4-8-24-18(23)20-14(5-2)17(22)19-12-6-7-13-11(3)9-16(21)25-15(13)10-12/h4,6-7,9-10,14,16-17,19,21-22H,1,5,8H2,2-3H3,(H,20,23). The van der Waals surface area contributed by atoms with Crippen molar-refractivity contribution in [3.8, 4) is 5.75 Å². The lowest BCUT2D eigenvalue weighted by atomic mass is 10.0. The van der Waals surface area contributed by atoms with E-state index in [1.807, 2.05) is 19.9 Å². The Labute approximate surface area is 147 Å². The lowest BCUT2D eigenvalue weighted by Gasteiger charge is -2.25. The lowest BCUT2D eigenvalue weighted by molar-refractivity contribution is 0.0225. The van der Waals surface area contributed by atoms with Crippen molar-refractivity contribution in [3.05, 3.63) is 42.5 Å². The number of benzene rings is 1. The summed E-state index contributed by atoms with van der Waals surface area (Å²) in [5.74, 6) is 0.524. The van der Waals surface area contributed by atoms with Crippen LogP contribution < -0.4 is 15.4 Å². The van der Waals surface area contributed by atoms with E-state index < -0.39 is 24.7 Å². The molecule has 3 atom stereocenters. The van der Waals surface area contributed by atoms with Gasteiger partial charge in [-0.3, -0.25) is 0 Å². The molecule has 7 nitrogen and oxygen atoms in total. The van der Waals surface area contributed by atoms with Gasteiger partial charge in [0.15, 0.2) is 0 Å². The third-order valence-electron chi connectivity index (χ3n) is 3.82. The van der Waals surface area contributed by atoms with Crippen LogP contribution in [0.5, 0.6) is 5.75 Å². The molecule has 0 aromatic heterocycles. The zero-order valence-corrected chi connectivity index (χ0v) is 14.4. The summed E-state index contributed by atoms with van der Waals surface area (Å²) in [6, 6.07) is 4.79. The number of aliphatic hydroxyl groups is 2. The Morgan fingerprint density at radius 3 is 2.96 bits per heavy atom. The van der Waals surface area contributed by atoms with Crippen LogP contribution in [-0.2, 0) is 4.74 Å². The topological polar surface area (TPSA) is 100 Å². The largest absolute Gasteiger partial charge is 0.461 e. The van der Waals surface area contributed by atoms with E-state index >= 15 is 0 Å². The normalized spacial score (nSPS) is 18.1. The second kappa shape index (κ2) is 8.55. The molecule has 3 unspecified atom stereocenters. The van der Waals surface area contributed by atoms with Crippen LogP contribution in [0.3, 0.4) is 0 Å². The highest BCUT2D eigenvalue weighted by Crippen LogP contribution is 2.33. The van der Waals surface area contributed by atoms with E-state index in [4.69, 9.17) is 9.47 Å². The molecule has 0 spiro atoms. The van der Waals surface area contributed by atoms with Gasteiger partial charge in [0.05, 0.1) is 6.04 Å². The van der Waals surface area contributed by atoms with Gasteiger partial charge in [-0.05, 0) is 37.1 Å². The molecule has 4 N–H and O–H groups in total. The van der Waals surface area contributed by atoms with Crippen LogP contribution >= 0.6 is 0 Å². The Bertz CT molecular complexity index is 659. The molecule has 0 fully saturated rings. The van der Waals surface area contributed by atoms with Gasteiger partial charge in [-0.15, -0.1) is 0 Å². The van der Waals surface area contributed by atoms with E-state index in [9.17, 15) is 15.0 Å². The third kappa shape index (κ3) is 4.98. The molecule has 1 aliphatic rings. The predicted molar refractivity (Wildman–Crippen MR) is 95.1 cm³/mol. The van der Waals surface area contributed by atoms with Gasteiger partial charge in [-0.2, -0.15) is 0 Å². The molecule has 25 heavy (non-hydrogen) atoms. The number of anilines is 1. The van der Waals surface area contributed by atoms with Crippen molar-refractivity contribution in [3.63, 3.8) is 0 Å². The molecule has 1 heterocycles. The number of hydrogen-bond donors (Lipinski definition) is 4. The number of hydrogen-bond acceptors (Lipinski definition) is 6. The molecule has 1 amide bonds. The molecular formula is C18H24N2O5. The second-order valence-corrected chi connectivity index (χ2v) is 5.70. The fourth-order valence-electron chi connectivity index (χ4n) is 2.51. The van der Waals surface area contributed by atoms with Crippen LogP contribution in [0, 0.1) is 0 Å². The van der Waals surface area contributed by atoms with Crippen molar-refractivity contribution >= 4 is 17.4 Å². The quantitative estimate of drug-likeness (QED) is 0.445. The predicted octanol–water partition coefficient (Wildman–Crippen LogP) is 2.22. The van der Waals surface area contributed by atoms with E-state index in [-0.39, 0.29) is 6.61 Å². The number of amides is 1. The zero-order chi connectivity index (χ0) is 18.4. The Kier molecular flexibility index (Phi) is 6.44. The summed E-state index contributed by atoms with van der Waals surface area (Å²) in [4.78, 5) is 11.6. The van der Waals surface area contributed by atoms with Crippen LogP contribution in [0.1, 0.15) is 25.8 Å². The molecule has 1 aromatic carbocycles. The average Bonchev–Trinajstić information content (AvgIpc) is 2.57. The Morgan fingerprint density at radius 2 is 2.28 bits per heavy atom. The van der Waals surface area contributed by atoms with Gasteiger partial charge in [-0.25, -0.2) is 4.79 Å². The molecule has 136 valence electrons. The number of carbonyl (C=O) groups is 1. The molecule has 2 rings (SSSR count). The van der Waals surface area contributed by atoms with E-state index in [1.54, 1.807) is 18.2 Å². The minimum Gasteiger partial charge on any atom is -0.461 e. The second-order valence-electron chi connectivity index (χ2n) is 5.70. The van der Waals surface area contributed by atoms with Gasteiger partial charge >= 0.3 is 6.09 Å². The number of ether oxygens (including phenoxy) is 2. The summed E-state index contributed by atoms with van der Waals surface area (Å²) in [7, 11) is 0. The summed E-state index contributed by atoms with van der Waals surface area (Å²) in [5, 5.41) is 25.5. The maximum atomic E-state index is 11.6. The van der Waals surface area contributed by atoms with E-state index in [0.717, 1.165) is 11.1 Å². The van der Waals surface area contributed by atoms with Gasteiger partial charge in [0.2, 0.25) is 6.29 Å². The first-order chi connectivity index (χ1) is 11.9. The molecule has 0 bridgehead atoms. The maximum absolute atomic E-state index is 11.6. The summed E-state index contributed by atoms with van der Waals surface area (Å²) in [5.41, 5.74) is 2.40. The Balaban J connectivity index is 2.03. The summed E-state index contributed by atoms with van der Waals surface area (Å²) in [6.45, 7) is 7.29. The highest BCUT2D eigenvalue weighted by atomic mass is 16.6. The van der Waals surface area contributed by atoms with Gasteiger partial charge in [0.25, 0.3) is 0 Å². The van der Waals surface area contributed by atoms with Crippen molar-refractivity contribution in [2.24, 2.45) is 0 Å². The first kappa shape index (κ1) is 18.8. The number of rotatable bonds is 7. The molecular weight excluding hydrogens is 324 g/mol. The Morgan fingerprint density at radius 1 is 1.52 bits per heavy atom. The molecule has 1 aliphatic heterocycles. The van der Waals surface area contributed by atoms with E-state index in [2.05, 4.69) is 17.2 Å². The van der Waals surface area contributed by atoms with Crippen molar-refractivity contribution < 1.29 is 24.5 Å². The van der Waals surface area contributed by atoms with E-state index in [1.165, 1.54) is 6.08 Å². The SMILES string of the molecule is C=CCOC(=O)NC(CC)C(O)Nc1ccc2c(c1)OC(O)C=C2C. The molecule has 7 heteroatoms. The first-order valence-corrected chi connectivity index (χ1v) is 8.11. The molecule has 0 saturated heterocycles. The van der Waals surface area contributed by atoms with Crippen molar-refractivity contribution in [2.75, 3.05) is 11.9 Å². The zero-order valence-electron chi connectivity index (χ0n) is 14.4. The number of alkyl carbamates (subject to hydrolysis) is 1. The number of aliphatic hydroxyl groups excluding tert-OH is 2. The first-order valence-electron chi connectivity index (χ1n) is 8.11. The molecule has 0 aliphatic carbocycles. The summed E-state index contributed by atoms with van der Waals surface area (Å²) in [6.07, 6.45) is 0.954. The van der Waals surface area contributed by atoms with Crippen LogP contribution in [-0.4, -0.2) is 41.5 Å². The fourth-order valence-corrected chi connectivity index (χ4v) is 2.51. The summed E-state index contributed by atoms with van der Waals surface area (Å²) < 4.78 is 10.2. The van der Waals surface area contributed by atoms with Crippen LogP contribution in [0.4, 0.5) is 10.5 Å². The number of fused-ring (bicyclic) bond motifs is 1. The monoisotopic (exact) mass is 348 g/mol. The number of allylic oxidation sites excluding steroid dienone is 1.